The number of rotatable bonds is 3. The Morgan fingerprint density at radius 3 is 2.19 bits per heavy atom. The summed E-state index contributed by atoms with van der Waals surface area (Å²) in [5, 5.41) is 0. The average Bonchev–Trinajstić information content (AvgIpc) is 3.23. The summed E-state index contributed by atoms with van der Waals surface area (Å²) in [6.45, 7) is 5.18. The van der Waals surface area contributed by atoms with Crippen LogP contribution >= 0.6 is 22.6 Å². The van der Waals surface area contributed by atoms with E-state index in [0.29, 0.717) is 13.1 Å². The first-order chi connectivity index (χ1) is 12.7. The second-order valence-corrected chi connectivity index (χ2v) is 7.96. The number of hydrogen-bond acceptors (Lipinski definition) is 5. The van der Waals surface area contributed by atoms with Crippen LogP contribution in [0.3, 0.4) is 0 Å². The number of aromatic nitrogens is 2. The second kappa shape index (κ2) is 7.77. The Kier molecular flexibility index (Phi) is 5.23. The van der Waals surface area contributed by atoms with E-state index in [1.807, 2.05) is 29.2 Å². The van der Waals surface area contributed by atoms with E-state index in [9.17, 15) is 4.79 Å². The van der Waals surface area contributed by atoms with Gasteiger partial charge in [0.15, 0.2) is 0 Å². The number of carbonyl (C=O) groups excluding carboxylic acids is 1. The van der Waals surface area contributed by atoms with Crippen LogP contribution < -0.4 is 9.80 Å². The number of carbonyl (C=O) groups is 1. The molecule has 2 fully saturated rings. The maximum Gasteiger partial charge on any atom is 0.254 e. The minimum absolute atomic E-state index is 0.114. The topological polar surface area (TPSA) is 52.6 Å². The largest absolute Gasteiger partial charge is 0.356 e. The van der Waals surface area contributed by atoms with Gasteiger partial charge in [0.25, 0.3) is 5.91 Å². The molecule has 2 aromatic rings. The van der Waals surface area contributed by atoms with Crippen LogP contribution in [0.1, 0.15) is 23.2 Å². The summed E-state index contributed by atoms with van der Waals surface area (Å²) < 4.78 is 1.09. The van der Waals surface area contributed by atoms with Crippen molar-refractivity contribution >= 4 is 40.1 Å². The second-order valence-electron chi connectivity index (χ2n) is 6.72. The Labute approximate surface area is 167 Å². The van der Waals surface area contributed by atoms with Gasteiger partial charge in [0.05, 0.1) is 0 Å². The number of halogens is 1. The van der Waals surface area contributed by atoms with Gasteiger partial charge in [-0.05, 0) is 53.6 Å². The molecule has 26 heavy (non-hydrogen) atoms. The fraction of sp³-hybridized carbons (Fsp3) is 0.421. The number of nitrogens with zero attached hydrogens (tertiary/aromatic N) is 5. The van der Waals surface area contributed by atoms with Gasteiger partial charge in [0.2, 0.25) is 0 Å². The molecule has 0 radical (unpaired) electrons. The molecule has 1 aromatic carbocycles. The lowest BCUT2D eigenvalue weighted by Gasteiger charge is -2.35. The molecule has 7 heteroatoms. The summed E-state index contributed by atoms with van der Waals surface area (Å²) in [6.07, 6.45) is 4.13. The zero-order valence-corrected chi connectivity index (χ0v) is 16.8. The molecule has 0 aliphatic carbocycles. The smallest absolute Gasteiger partial charge is 0.254 e. The van der Waals surface area contributed by atoms with E-state index >= 15 is 0 Å². The number of piperazine rings is 1. The van der Waals surface area contributed by atoms with Gasteiger partial charge in [0.1, 0.15) is 18.0 Å². The minimum atomic E-state index is 0.114. The van der Waals surface area contributed by atoms with Gasteiger partial charge >= 0.3 is 0 Å². The zero-order valence-electron chi connectivity index (χ0n) is 14.6. The highest BCUT2D eigenvalue weighted by Gasteiger charge is 2.24. The van der Waals surface area contributed by atoms with Crippen molar-refractivity contribution in [2.75, 3.05) is 49.1 Å². The summed E-state index contributed by atoms with van der Waals surface area (Å²) in [5.41, 5.74) is 0.767. The lowest BCUT2D eigenvalue weighted by Crippen LogP contribution is -2.49. The van der Waals surface area contributed by atoms with Crippen LogP contribution in [-0.2, 0) is 0 Å². The van der Waals surface area contributed by atoms with Crippen LogP contribution in [0.25, 0.3) is 0 Å². The summed E-state index contributed by atoms with van der Waals surface area (Å²) >= 11 is 2.24. The molecule has 2 aliphatic heterocycles. The highest BCUT2D eigenvalue weighted by atomic mass is 127. The monoisotopic (exact) mass is 463 g/mol. The van der Waals surface area contributed by atoms with E-state index in [-0.39, 0.29) is 5.91 Å². The first-order valence-electron chi connectivity index (χ1n) is 9.07. The van der Waals surface area contributed by atoms with Gasteiger partial charge in [-0.2, -0.15) is 0 Å². The van der Waals surface area contributed by atoms with Gasteiger partial charge in [0, 0.05) is 54.5 Å². The fourth-order valence-electron chi connectivity index (χ4n) is 3.57. The maximum absolute atomic E-state index is 12.7. The van der Waals surface area contributed by atoms with Crippen LogP contribution in [-0.4, -0.2) is 60.0 Å². The third kappa shape index (κ3) is 3.77. The molecule has 0 saturated carbocycles. The molecule has 4 rings (SSSR count). The molecule has 0 unspecified atom stereocenters. The quantitative estimate of drug-likeness (QED) is 0.656. The molecular formula is C19H22IN5O. The van der Waals surface area contributed by atoms with Crippen molar-refractivity contribution in [2.45, 2.75) is 12.8 Å². The minimum Gasteiger partial charge on any atom is -0.356 e. The predicted octanol–water partition coefficient (Wildman–Crippen LogP) is 2.64. The van der Waals surface area contributed by atoms with Crippen LogP contribution in [0.5, 0.6) is 0 Å². The Morgan fingerprint density at radius 2 is 1.54 bits per heavy atom. The highest BCUT2D eigenvalue weighted by molar-refractivity contribution is 14.1. The molecule has 0 spiro atoms. The number of hydrogen-bond donors (Lipinski definition) is 0. The van der Waals surface area contributed by atoms with Gasteiger partial charge < -0.3 is 14.7 Å². The summed E-state index contributed by atoms with van der Waals surface area (Å²) in [6, 6.07) is 9.86. The molecule has 1 aromatic heterocycles. The molecule has 3 heterocycles. The molecule has 0 N–H and O–H groups in total. The Balaban J connectivity index is 1.40. The standard InChI is InChI=1S/C19H22IN5O/c20-16-5-3-4-15(12-16)19(26)25-10-8-24(9-11-25)18-13-17(21-14-22-18)23-6-1-2-7-23/h3-5,12-14H,1-2,6-11H2. The van der Waals surface area contributed by atoms with Crippen molar-refractivity contribution in [3.8, 4) is 0 Å². The predicted molar refractivity (Wildman–Crippen MR) is 111 cm³/mol. The molecule has 2 saturated heterocycles. The zero-order chi connectivity index (χ0) is 17.9. The Bertz CT molecular complexity index is 785. The van der Waals surface area contributed by atoms with Gasteiger partial charge in [-0.25, -0.2) is 9.97 Å². The van der Waals surface area contributed by atoms with Gasteiger partial charge in [-0.3, -0.25) is 4.79 Å². The van der Waals surface area contributed by atoms with E-state index in [1.165, 1.54) is 12.8 Å². The maximum atomic E-state index is 12.7. The third-order valence-electron chi connectivity index (χ3n) is 5.03. The molecular weight excluding hydrogens is 441 g/mol. The average molecular weight is 463 g/mol. The molecule has 136 valence electrons. The van der Waals surface area contributed by atoms with Gasteiger partial charge in [-0.1, -0.05) is 6.07 Å². The molecule has 2 aliphatic rings. The van der Waals surface area contributed by atoms with Crippen molar-refractivity contribution in [3.63, 3.8) is 0 Å². The van der Waals surface area contributed by atoms with E-state index in [4.69, 9.17) is 0 Å². The van der Waals surface area contributed by atoms with Crippen molar-refractivity contribution in [1.29, 1.82) is 0 Å². The molecule has 1 amide bonds. The first-order valence-corrected chi connectivity index (χ1v) is 10.2. The molecule has 6 nitrogen and oxygen atoms in total. The van der Waals surface area contributed by atoms with Crippen molar-refractivity contribution in [3.05, 3.63) is 45.8 Å². The van der Waals surface area contributed by atoms with E-state index in [1.54, 1.807) is 6.33 Å². The SMILES string of the molecule is O=C(c1cccc(I)c1)N1CCN(c2cc(N3CCCC3)ncn2)CC1. The highest BCUT2D eigenvalue weighted by Crippen LogP contribution is 2.22. The first kappa shape index (κ1) is 17.5. The van der Waals surface area contributed by atoms with Crippen LogP contribution in [0, 0.1) is 3.57 Å². The third-order valence-corrected chi connectivity index (χ3v) is 5.70. The van der Waals surface area contributed by atoms with Gasteiger partial charge in [-0.15, -0.1) is 0 Å². The van der Waals surface area contributed by atoms with Crippen molar-refractivity contribution in [1.82, 2.24) is 14.9 Å². The van der Waals surface area contributed by atoms with E-state index < -0.39 is 0 Å². The van der Waals surface area contributed by atoms with E-state index in [2.05, 4.69) is 48.4 Å². The molecule has 0 bridgehead atoms. The summed E-state index contributed by atoms with van der Waals surface area (Å²) in [7, 11) is 0. The summed E-state index contributed by atoms with van der Waals surface area (Å²) in [5.74, 6) is 2.09. The number of anilines is 2. The lowest BCUT2D eigenvalue weighted by atomic mass is 10.2. The summed E-state index contributed by atoms with van der Waals surface area (Å²) in [4.78, 5) is 28.1. The normalized spacial score (nSPS) is 17.7. The van der Waals surface area contributed by atoms with Crippen molar-refractivity contribution < 1.29 is 4.79 Å². The van der Waals surface area contributed by atoms with E-state index in [0.717, 1.165) is 46.9 Å². The Morgan fingerprint density at radius 1 is 0.885 bits per heavy atom. The Hall–Kier alpha value is -1.90. The van der Waals surface area contributed by atoms with Crippen LogP contribution in [0.2, 0.25) is 0 Å². The van der Waals surface area contributed by atoms with Crippen LogP contribution in [0.15, 0.2) is 36.7 Å². The lowest BCUT2D eigenvalue weighted by molar-refractivity contribution is 0.0746. The van der Waals surface area contributed by atoms with Crippen LogP contribution in [0.4, 0.5) is 11.6 Å². The fourth-order valence-corrected chi connectivity index (χ4v) is 4.12. The molecule has 0 atom stereocenters. The number of amides is 1. The van der Waals surface area contributed by atoms with Crippen molar-refractivity contribution in [2.24, 2.45) is 0 Å². The number of benzene rings is 1.